The van der Waals surface area contributed by atoms with Crippen LogP contribution in [0.3, 0.4) is 0 Å². The van der Waals surface area contributed by atoms with Gasteiger partial charge in [0.2, 0.25) is 5.88 Å². The fourth-order valence-corrected chi connectivity index (χ4v) is 1.71. The zero-order valence-electron chi connectivity index (χ0n) is 9.60. The topological polar surface area (TPSA) is 42.4 Å². The normalized spacial score (nSPS) is 12.2. The van der Waals surface area contributed by atoms with Gasteiger partial charge in [0.05, 0.1) is 6.10 Å². The Kier molecular flexibility index (Phi) is 3.93. The van der Waals surface area contributed by atoms with E-state index in [2.05, 4.69) is 20.9 Å². The molecular weight excluding hydrogens is 301 g/mol. The first-order valence-corrected chi connectivity index (χ1v) is 6.12. The van der Waals surface area contributed by atoms with Crippen molar-refractivity contribution in [1.29, 1.82) is 0 Å². The lowest BCUT2D eigenvalue weighted by molar-refractivity contribution is 0.198. The van der Waals surface area contributed by atoms with Gasteiger partial charge in [-0.2, -0.15) is 0 Å². The van der Waals surface area contributed by atoms with Gasteiger partial charge in [-0.3, -0.25) is 0 Å². The van der Waals surface area contributed by atoms with Crippen molar-refractivity contribution < 1.29 is 14.2 Å². The molecule has 1 atom stereocenters. The van der Waals surface area contributed by atoms with Crippen LogP contribution >= 0.6 is 15.9 Å². The van der Waals surface area contributed by atoms with E-state index in [1.165, 1.54) is 18.3 Å². The second kappa shape index (κ2) is 5.46. The minimum absolute atomic E-state index is 0.0988. The van der Waals surface area contributed by atoms with Gasteiger partial charge in [-0.15, -0.1) is 0 Å². The molecule has 0 saturated carbocycles. The Morgan fingerprint density at radius 1 is 1.33 bits per heavy atom. The van der Waals surface area contributed by atoms with Crippen molar-refractivity contribution in [1.82, 2.24) is 4.98 Å². The van der Waals surface area contributed by atoms with Gasteiger partial charge in [-0.05, 0) is 36.8 Å². The number of pyridine rings is 1. The summed E-state index contributed by atoms with van der Waals surface area (Å²) in [5.74, 6) is -0.0855. The summed E-state index contributed by atoms with van der Waals surface area (Å²) in [5, 5.41) is 9.34. The van der Waals surface area contributed by atoms with Crippen LogP contribution in [0.4, 0.5) is 4.39 Å². The third-order valence-corrected chi connectivity index (χ3v) is 2.84. The fourth-order valence-electron chi connectivity index (χ4n) is 1.37. The highest BCUT2D eigenvalue weighted by molar-refractivity contribution is 9.10. The van der Waals surface area contributed by atoms with Gasteiger partial charge in [-0.25, -0.2) is 9.37 Å². The SMILES string of the molecule is CC(O)c1ccc(Oc2cc(Br)ccc2F)nc1. The molecule has 1 aromatic heterocycles. The van der Waals surface area contributed by atoms with Gasteiger partial charge in [-0.1, -0.05) is 15.9 Å². The molecule has 2 aromatic rings. The maximum atomic E-state index is 13.4. The van der Waals surface area contributed by atoms with Crippen LogP contribution in [-0.2, 0) is 0 Å². The second-order valence-corrected chi connectivity index (χ2v) is 4.70. The Morgan fingerprint density at radius 3 is 2.72 bits per heavy atom. The zero-order chi connectivity index (χ0) is 13.1. The van der Waals surface area contributed by atoms with E-state index in [1.54, 1.807) is 25.1 Å². The highest BCUT2D eigenvalue weighted by atomic mass is 79.9. The molecule has 0 bridgehead atoms. The molecule has 3 nitrogen and oxygen atoms in total. The monoisotopic (exact) mass is 311 g/mol. The summed E-state index contributed by atoms with van der Waals surface area (Å²) in [6.45, 7) is 1.64. The van der Waals surface area contributed by atoms with Gasteiger partial charge in [0.1, 0.15) is 0 Å². The molecule has 0 spiro atoms. The third kappa shape index (κ3) is 3.05. The smallest absolute Gasteiger partial charge is 0.219 e. The van der Waals surface area contributed by atoms with Crippen LogP contribution in [0.5, 0.6) is 11.6 Å². The first-order valence-electron chi connectivity index (χ1n) is 5.33. The van der Waals surface area contributed by atoms with E-state index in [-0.39, 0.29) is 11.6 Å². The van der Waals surface area contributed by atoms with Gasteiger partial charge in [0.25, 0.3) is 0 Å². The van der Waals surface area contributed by atoms with Crippen LogP contribution in [0.15, 0.2) is 41.0 Å². The predicted molar refractivity (Wildman–Crippen MR) is 69.0 cm³/mol. The minimum Gasteiger partial charge on any atom is -0.436 e. The molecule has 94 valence electrons. The van der Waals surface area contributed by atoms with E-state index in [9.17, 15) is 9.50 Å². The van der Waals surface area contributed by atoms with E-state index >= 15 is 0 Å². The molecule has 2 rings (SSSR count). The number of benzene rings is 1. The summed E-state index contributed by atoms with van der Waals surface area (Å²) in [6, 6.07) is 7.70. The minimum atomic E-state index is -0.589. The summed E-state index contributed by atoms with van der Waals surface area (Å²) in [6.07, 6.45) is 0.907. The maximum Gasteiger partial charge on any atom is 0.219 e. The fraction of sp³-hybridized carbons (Fsp3) is 0.154. The molecule has 18 heavy (non-hydrogen) atoms. The summed E-state index contributed by atoms with van der Waals surface area (Å²) in [5.41, 5.74) is 0.678. The molecule has 0 aliphatic carbocycles. The number of halogens is 2. The van der Waals surface area contributed by atoms with Gasteiger partial charge in [0, 0.05) is 16.7 Å². The Bertz CT molecular complexity index is 543. The van der Waals surface area contributed by atoms with Crippen LogP contribution in [0, 0.1) is 5.82 Å². The number of aromatic nitrogens is 1. The number of rotatable bonds is 3. The van der Waals surface area contributed by atoms with E-state index in [0.717, 1.165) is 4.47 Å². The standard InChI is InChI=1S/C13H11BrFNO2/c1-8(17)9-2-5-13(16-7-9)18-12-6-10(14)3-4-11(12)15/h2-8,17H,1H3. The zero-order valence-corrected chi connectivity index (χ0v) is 11.2. The number of aliphatic hydroxyl groups is 1. The van der Waals surface area contributed by atoms with Crippen molar-refractivity contribution in [3.05, 3.63) is 52.4 Å². The molecule has 0 radical (unpaired) electrons. The maximum absolute atomic E-state index is 13.4. The van der Waals surface area contributed by atoms with Crippen LogP contribution in [-0.4, -0.2) is 10.1 Å². The summed E-state index contributed by atoms with van der Waals surface area (Å²) in [4.78, 5) is 4.00. The lowest BCUT2D eigenvalue weighted by Crippen LogP contribution is -1.94. The van der Waals surface area contributed by atoms with E-state index in [1.807, 2.05) is 0 Å². The number of hydrogen-bond donors (Lipinski definition) is 1. The van der Waals surface area contributed by atoms with Crippen LogP contribution in [0.2, 0.25) is 0 Å². The number of hydrogen-bond acceptors (Lipinski definition) is 3. The van der Waals surface area contributed by atoms with E-state index < -0.39 is 11.9 Å². The van der Waals surface area contributed by atoms with Crippen molar-refractivity contribution in [2.24, 2.45) is 0 Å². The first-order chi connectivity index (χ1) is 8.56. The number of aliphatic hydroxyl groups excluding tert-OH is 1. The third-order valence-electron chi connectivity index (χ3n) is 2.35. The first kappa shape index (κ1) is 13.0. The molecule has 0 amide bonds. The Hall–Kier alpha value is -1.46. The van der Waals surface area contributed by atoms with Crippen molar-refractivity contribution in [2.75, 3.05) is 0 Å². The molecule has 0 aliphatic rings. The molecule has 0 aliphatic heterocycles. The highest BCUT2D eigenvalue weighted by Gasteiger charge is 2.07. The van der Waals surface area contributed by atoms with E-state index in [0.29, 0.717) is 5.56 Å². The average Bonchev–Trinajstić information content (AvgIpc) is 2.34. The second-order valence-electron chi connectivity index (χ2n) is 3.78. The molecule has 1 unspecified atom stereocenters. The molecule has 1 aromatic carbocycles. The van der Waals surface area contributed by atoms with E-state index in [4.69, 9.17) is 4.74 Å². The van der Waals surface area contributed by atoms with Crippen LogP contribution < -0.4 is 4.74 Å². The van der Waals surface area contributed by atoms with Crippen LogP contribution in [0.1, 0.15) is 18.6 Å². The number of ether oxygens (including phenoxy) is 1. The molecule has 1 N–H and O–H groups in total. The average molecular weight is 312 g/mol. The van der Waals surface area contributed by atoms with Gasteiger partial charge >= 0.3 is 0 Å². The largest absolute Gasteiger partial charge is 0.436 e. The molecule has 1 heterocycles. The number of nitrogens with zero attached hydrogens (tertiary/aromatic N) is 1. The lowest BCUT2D eigenvalue weighted by atomic mass is 10.2. The summed E-state index contributed by atoms with van der Waals surface area (Å²) < 4.78 is 19.5. The lowest BCUT2D eigenvalue weighted by Gasteiger charge is -2.08. The molecule has 5 heteroatoms. The Balaban J connectivity index is 2.21. The summed E-state index contributed by atoms with van der Waals surface area (Å²) >= 11 is 3.24. The molecule has 0 saturated heterocycles. The molecule has 0 fully saturated rings. The Morgan fingerprint density at radius 2 is 2.11 bits per heavy atom. The highest BCUT2D eigenvalue weighted by Crippen LogP contribution is 2.26. The summed E-state index contributed by atoms with van der Waals surface area (Å²) in [7, 11) is 0. The van der Waals surface area contributed by atoms with Gasteiger partial charge in [0.15, 0.2) is 11.6 Å². The Labute approximate surface area is 112 Å². The van der Waals surface area contributed by atoms with Crippen LogP contribution in [0.25, 0.3) is 0 Å². The quantitative estimate of drug-likeness (QED) is 0.936. The van der Waals surface area contributed by atoms with Crippen molar-refractivity contribution in [3.8, 4) is 11.6 Å². The van der Waals surface area contributed by atoms with Crippen molar-refractivity contribution >= 4 is 15.9 Å². The predicted octanol–water partition coefficient (Wildman–Crippen LogP) is 3.83. The van der Waals surface area contributed by atoms with Crippen molar-refractivity contribution in [3.63, 3.8) is 0 Å². The van der Waals surface area contributed by atoms with Gasteiger partial charge < -0.3 is 9.84 Å². The van der Waals surface area contributed by atoms with Crippen molar-refractivity contribution in [2.45, 2.75) is 13.0 Å². The molecular formula is C13H11BrFNO2.